The summed E-state index contributed by atoms with van der Waals surface area (Å²) in [6.45, 7) is 3.63. The highest BCUT2D eigenvalue weighted by Crippen LogP contribution is 2.35. The lowest BCUT2D eigenvalue weighted by Crippen LogP contribution is -2.23. The summed E-state index contributed by atoms with van der Waals surface area (Å²) in [5, 5.41) is 0. The fourth-order valence-corrected chi connectivity index (χ4v) is 3.93. The number of nitrogens with zero attached hydrogens (tertiary/aromatic N) is 2. The highest BCUT2D eigenvalue weighted by molar-refractivity contribution is 5.56. The van der Waals surface area contributed by atoms with Gasteiger partial charge in [0, 0.05) is 18.2 Å². The molecule has 29 heavy (non-hydrogen) atoms. The molecule has 1 aliphatic rings. The second kappa shape index (κ2) is 8.25. The normalized spacial score (nSPS) is 16.9. The first-order chi connectivity index (χ1) is 14.1. The molecule has 0 aliphatic carbocycles. The molecule has 5 nitrogen and oxygen atoms in total. The first kappa shape index (κ1) is 19.5. The molecule has 1 aliphatic heterocycles. The van der Waals surface area contributed by atoms with Crippen LogP contribution in [0.2, 0.25) is 0 Å². The zero-order chi connectivity index (χ0) is 20.4. The maximum Gasteiger partial charge on any atom is 0.226 e. The minimum absolute atomic E-state index is 0.178. The van der Waals surface area contributed by atoms with Gasteiger partial charge in [-0.3, -0.25) is 4.90 Å². The molecule has 1 fully saturated rings. The minimum atomic E-state index is -0.405. The van der Waals surface area contributed by atoms with Crippen LogP contribution < -0.4 is 9.47 Å². The highest BCUT2D eigenvalue weighted by Gasteiger charge is 2.28. The van der Waals surface area contributed by atoms with Crippen molar-refractivity contribution in [2.45, 2.75) is 32.4 Å². The van der Waals surface area contributed by atoms with Gasteiger partial charge in [-0.1, -0.05) is 12.1 Å². The monoisotopic (exact) mass is 396 g/mol. The maximum atomic E-state index is 13.7. The van der Waals surface area contributed by atoms with Crippen LogP contribution in [0.3, 0.4) is 0 Å². The van der Waals surface area contributed by atoms with Gasteiger partial charge in [0.25, 0.3) is 0 Å². The molecule has 0 spiro atoms. The Labute approximate surface area is 170 Å². The molecular weight excluding hydrogens is 371 g/mol. The van der Waals surface area contributed by atoms with Crippen molar-refractivity contribution in [3.63, 3.8) is 0 Å². The summed E-state index contributed by atoms with van der Waals surface area (Å²) >= 11 is 0. The van der Waals surface area contributed by atoms with Crippen molar-refractivity contribution in [3.05, 3.63) is 65.3 Å². The molecule has 152 valence electrons. The van der Waals surface area contributed by atoms with Gasteiger partial charge in [0.1, 0.15) is 11.5 Å². The number of ether oxygens (including phenoxy) is 2. The molecule has 1 unspecified atom stereocenters. The Balaban J connectivity index is 1.56. The number of methoxy groups -OCH3 is 2. The summed E-state index contributed by atoms with van der Waals surface area (Å²) in [6, 6.07) is 13.2. The molecule has 4 rings (SSSR count). The van der Waals surface area contributed by atoms with Gasteiger partial charge < -0.3 is 13.9 Å². The fraction of sp³-hybridized carbons (Fsp3) is 0.348. The standard InChI is InChI=1S/C23H25FN2O3/c1-15-20(25-23(29-15)17-9-10-19(24)22(13-17)28-3)14-26-11-5-8-21(26)16-6-4-7-18(12-16)27-2/h4,6-7,9-10,12-13,21H,5,8,11,14H2,1-3H3. The lowest BCUT2D eigenvalue weighted by molar-refractivity contribution is 0.244. The molecule has 0 radical (unpaired) electrons. The Bertz CT molecular complexity index is 1000. The van der Waals surface area contributed by atoms with E-state index in [4.69, 9.17) is 18.9 Å². The van der Waals surface area contributed by atoms with Crippen molar-refractivity contribution in [2.75, 3.05) is 20.8 Å². The summed E-state index contributed by atoms with van der Waals surface area (Å²) in [7, 11) is 3.14. The van der Waals surface area contributed by atoms with E-state index >= 15 is 0 Å². The number of aryl methyl sites for hydroxylation is 1. The summed E-state index contributed by atoms with van der Waals surface area (Å²) in [5.74, 6) is 1.91. The van der Waals surface area contributed by atoms with Gasteiger partial charge in [-0.2, -0.15) is 0 Å². The molecule has 2 heterocycles. The molecule has 2 aromatic carbocycles. The summed E-state index contributed by atoms with van der Waals surface area (Å²) in [6.07, 6.45) is 2.24. The first-order valence-corrected chi connectivity index (χ1v) is 9.77. The predicted octanol–water partition coefficient (Wildman–Crippen LogP) is 5.14. The summed E-state index contributed by atoms with van der Waals surface area (Å²) < 4.78 is 30.1. The number of aromatic nitrogens is 1. The van der Waals surface area contributed by atoms with Crippen LogP contribution in [0.4, 0.5) is 4.39 Å². The van der Waals surface area contributed by atoms with Crippen LogP contribution in [0.15, 0.2) is 46.9 Å². The zero-order valence-corrected chi connectivity index (χ0v) is 16.9. The molecule has 1 saturated heterocycles. The summed E-state index contributed by atoms with van der Waals surface area (Å²) in [5.41, 5.74) is 2.85. The van der Waals surface area contributed by atoms with Crippen LogP contribution in [0.25, 0.3) is 11.5 Å². The van der Waals surface area contributed by atoms with E-state index in [0.717, 1.165) is 36.6 Å². The van der Waals surface area contributed by atoms with Crippen molar-refractivity contribution >= 4 is 0 Å². The highest BCUT2D eigenvalue weighted by atomic mass is 19.1. The van der Waals surface area contributed by atoms with Crippen molar-refractivity contribution in [3.8, 4) is 23.0 Å². The van der Waals surface area contributed by atoms with Gasteiger partial charge in [0.2, 0.25) is 5.89 Å². The van der Waals surface area contributed by atoms with Crippen molar-refractivity contribution < 1.29 is 18.3 Å². The number of oxazole rings is 1. The lowest BCUT2D eigenvalue weighted by Gasteiger charge is -2.24. The Morgan fingerprint density at radius 2 is 2.03 bits per heavy atom. The van der Waals surface area contributed by atoms with Crippen LogP contribution in [-0.4, -0.2) is 30.6 Å². The number of hydrogen-bond donors (Lipinski definition) is 0. The Kier molecular flexibility index (Phi) is 5.53. The molecule has 1 aromatic heterocycles. The van der Waals surface area contributed by atoms with Crippen LogP contribution in [0.5, 0.6) is 11.5 Å². The van der Waals surface area contributed by atoms with E-state index in [2.05, 4.69) is 17.0 Å². The van der Waals surface area contributed by atoms with E-state index in [1.807, 2.05) is 19.1 Å². The molecule has 0 amide bonds. The van der Waals surface area contributed by atoms with Gasteiger partial charge in [-0.15, -0.1) is 0 Å². The quantitative estimate of drug-likeness (QED) is 0.577. The van der Waals surface area contributed by atoms with Crippen molar-refractivity contribution in [1.82, 2.24) is 9.88 Å². The minimum Gasteiger partial charge on any atom is -0.497 e. The average molecular weight is 396 g/mol. The Morgan fingerprint density at radius 1 is 1.17 bits per heavy atom. The Morgan fingerprint density at radius 3 is 2.83 bits per heavy atom. The first-order valence-electron chi connectivity index (χ1n) is 9.77. The third-order valence-electron chi connectivity index (χ3n) is 5.49. The van der Waals surface area contributed by atoms with Crippen molar-refractivity contribution in [2.24, 2.45) is 0 Å². The second-order valence-corrected chi connectivity index (χ2v) is 7.28. The van der Waals surface area contributed by atoms with Gasteiger partial charge in [-0.05, 0) is 62.2 Å². The topological polar surface area (TPSA) is 47.7 Å². The van der Waals surface area contributed by atoms with Crippen LogP contribution >= 0.6 is 0 Å². The fourth-order valence-electron chi connectivity index (χ4n) is 3.93. The predicted molar refractivity (Wildman–Crippen MR) is 109 cm³/mol. The third kappa shape index (κ3) is 3.98. The molecule has 3 aromatic rings. The second-order valence-electron chi connectivity index (χ2n) is 7.28. The van der Waals surface area contributed by atoms with Gasteiger partial charge >= 0.3 is 0 Å². The number of hydrogen-bond acceptors (Lipinski definition) is 5. The number of likely N-dealkylation sites (tertiary alicyclic amines) is 1. The largest absolute Gasteiger partial charge is 0.497 e. The van der Waals surface area contributed by atoms with Gasteiger partial charge in [-0.25, -0.2) is 9.37 Å². The van der Waals surface area contributed by atoms with E-state index in [9.17, 15) is 4.39 Å². The maximum absolute atomic E-state index is 13.7. The van der Waals surface area contributed by atoms with E-state index in [0.29, 0.717) is 24.0 Å². The zero-order valence-electron chi connectivity index (χ0n) is 16.9. The number of benzene rings is 2. The molecule has 0 N–H and O–H groups in total. The molecule has 6 heteroatoms. The van der Waals surface area contributed by atoms with E-state index in [-0.39, 0.29) is 5.75 Å². The van der Waals surface area contributed by atoms with Crippen LogP contribution in [0.1, 0.15) is 35.9 Å². The SMILES string of the molecule is COc1cccc(C2CCCN2Cc2nc(-c3ccc(F)c(OC)c3)oc2C)c1. The summed E-state index contributed by atoms with van der Waals surface area (Å²) in [4.78, 5) is 7.12. The number of rotatable bonds is 6. The van der Waals surface area contributed by atoms with Gasteiger partial charge in [0.05, 0.1) is 19.9 Å². The Hall–Kier alpha value is -2.86. The van der Waals surface area contributed by atoms with E-state index in [1.54, 1.807) is 19.2 Å². The number of halogens is 1. The molecule has 1 atom stereocenters. The van der Waals surface area contributed by atoms with Crippen molar-refractivity contribution in [1.29, 1.82) is 0 Å². The van der Waals surface area contributed by atoms with E-state index in [1.165, 1.54) is 18.7 Å². The average Bonchev–Trinajstić information content (AvgIpc) is 3.35. The lowest BCUT2D eigenvalue weighted by atomic mass is 10.0. The third-order valence-corrected chi connectivity index (χ3v) is 5.49. The molecule has 0 bridgehead atoms. The van der Waals surface area contributed by atoms with Crippen LogP contribution in [-0.2, 0) is 6.54 Å². The molecular formula is C23H25FN2O3. The van der Waals surface area contributed by atoms with E-state index < -0.39 is 5.82 Å². The smallest absolute Gasteiger partial charge is 0.226 e. The molecule has 0 saturated carbocycles. The van der Waals surface area contributed by atoms with Crippen LogP contribution in [0, 0.1) is 12.7 Å². The van der Waals surface area contributed by atoms with Gasteiger partial charge in [0.15, 0.2) is 11.6 Å².